The molecular weight excluding hydrogens is 254 g/mol. The zero-order valence-electron chi connectivity index (χ0n) is 12.1. The number of hydrogen-bond donors (Lipinski definition) is 1. The zero-order chi connectivity index (χ0) is 14.1. The fraction of sp³-hybridized carbons (Fsp3) is 0.867. The molecule has 0 aromatic rings. The Morgan fingerprint density at radius 1 is 0.800 bits per heavy atom. The molecule has 1 heterocycles. The minimum absolute atomic E-state index is 0.115. The highest BCUT2D eigenvalue weighted by Crippen LogP contribution is 2.31. The lowest BCUT2D eigenvalue weighted by Crippen LogP contribution is -2.53. The van der Waals surface area contributed by atoms with Crippen LogP contribution in [0.3, 0.4) is 0 Å². The van der Waals surface area contributed by atoms with E-state index in [1.54, 1.807) is 0 Å². The molecule has 2 unspecified atom stereocenters. The third kappa shape index (κ3) is 2.97. The first-order chi connectivity index (χ1) is 9.65. The van der Waals surface area contributed by atoms with Crippen LogP contribution in [-0.2, 0) is 9.59 Å². The van der Waals surface area contributed by atoms with Crippen molar-refractivity contribution >= 4 is 11.8 Å². The van der Waals surface area contributed by atoms with Gasteiger partial charge in [-0.25, -0.2) is 0 Å². The molecule has 2 saturated carbocycles. The maximum Gasteiger partial charge on any atom is 0.225 e. The predicted molar refractivity (Wildman–Crippen MR) is 75.8 cm³/mol. The number of carbonyl (C=O) groups is 2. The fourth-order valence-electron chi connectivity index (χ4n) is 3.45. The number of carbonyl (C=O) groups excluding carboxylic acids is 2. The second-order valence-electron chi connectivity index (χ2n) is 6.55. The van der Waals surface area contributed by atoms with Gasteiger partial charge in [0.25, 0.3) is 0 Å². The van der Waals surface area contributed by atoms with E-state index in [4.69, 9.17) is 5.73 Å². The molecule has 2 N–H and O–H groups in total. The number of nitrogens with zero attached hydrogens (tertiary/aromatic N) is 2. The predicted octanol–water partition coefficient (Wildman–Crippen LogP) is 0.585. The van der Waals surface area contributed by atoms with Crippen LogP contribution in [0.4, 0.5) is 0 Å². The van der Waals surface area contributed by atoms with Gasteiger partial charge in [0, 0.05) is 44.1 Å². The van der Waals surface area contributed by atoms with Gasteiger partial charge < -0.3 is 15.5 Å². The minimum Gasteiger partial charge on any atom is -0.339 e. The van der Waals surface area contributed by atoms with Crippen LogP contribution in [0.2, 0.25) is 0 Å². The van der Waals surface area contributed by atoms with Crippen LogP contribution in [0.1, 0.15) is 38.5 Å². The van der Waals surface area contributed by atoms with E-state index in [2.05, 4.69) is 0 Å². The first kappa shape index (κ1) is 13.9. The van der Waals surface area contributed by atoms with Gasteiger partial charge in [0.05, 0.1) is 0 Å². The molecule has 5 nitrogen and oxygen atoms in total. The average Bonchev–Trinajstić information content (AvgIpc) is 3.30. The van der Waals surface area contributed by atoms with Gasteiger partial charge in [0.15, 0.2) is 0 Å². The Labute approximate surface area is 120 Å². The molecule has 2 aliphatic carbocycles. The van der Waals surface area contributed by atoms with Crippen LogP contribution in [0, 0.1) is 11.8 Å². The Balaban J connectivity index is 1.49. The van der Waals surface area contributed by atoms with Crippen molar-refractivity contribution in [2.45, 2.75) is 44.6 Å². The summed E-state index contributed by atoms with van der Waals surface area (Å²) in [6, 6.07) is 0.190. The van der Waals surface area contributed by atoms with E-state index >= 15 is 0 Å². The van der Waals surface area contributed by atoms with Crippen LogP contribution >= 0.6 is 0 Å². The topological polar surface area (TPSA) is 66.6 Å². The van der Waals surface area contributed by atoms with E-state index in [1.165, 1.54) is 0 Å². The van der Waals surface area contributed by atoms with Crippen LogP contribution in [-0.4, -0.2) is 53.8 Å². The Hall–Kier alpha value is -1.10. The number of piperazine rings is 1. The van der Waals surface area contributed by atoms with Gasteiger partial charge in [-0.2, -0.15) is 0 Å². The van der Waals surface area contributed by atoms with Crippen molar-refractivity contribution < 1.29 is 9.59 Å². The molecule has 0 spiro atoms. The number of nitrogens with two attached hydrogens (primary N) is 1. The SMILES string of the molecule is NC1CCCC(C(=O)N2CCN(C(=O)C3CC3)CC2)C1. The molecule has 0 aromatic carbocycles. The van der Waals surface area contributed by atoms with Gasteiger partial charge in [-0.1, -0.05) is 6.42 Å². The summed E-state index contributed by atoms with van der Waals surface area (Å²) < 4.78 is 0. The highest BCUT2D eigenvalue weighted by Gasteiger charge is 2.36. The maximum absolute atomic E-state index is 12.5. The second kappa shape index (κ2) is 5.72. The summed E-state index contributed by atoms with van der Waals surface area (Å²) >= 11 is 0. The molecule has 3 rings (SSSR count). The van der Waals surface area contributed by atoms with Crippen LogP contribution in [0.15, 0.2) is 0 Å². The van der Waals surface area contributed by atoms with E-state index in [9.17, 15) is 9.59 Å². The maximum atomic E-state index is 12.5. The van der Waals surface area contributed by atoms with Crippen molar-refractivity contribution in [2.75, 3.05) is 26.2 Å². The first-order valence-corrected chi connectivity index (χ1v) is 7.98. The van der Waals surface area contributed by atoms with Gasteiger partial charge in [-0.15, -0.1) is 0 Å². The molecule has 0 radical (unpaired) electrons. The monoisotopic (exact) mass is 279 g/mol. The fourth-order valence-corrected chi connectivity index (χ4v) is 3.45. The summed E-state index contributed by atoms with van der Waals surface area (Å²) in [5.74, 6) is 0.966. The lowest BCUT2D eigenvalue weighted by atomic mass is 9.85. The second-order valence-corrected chi connectivity index (χ2v) is 6.55. The van der Waals surface area contributed by atoms with Gasteiger partial charge in [0.1, 0.15) is 0 Å². The van der Waals surface area contributed by atoms with Crippen molar-refractivity contribution in [1.82, 2.24) is 9.80 Å². The van der Waals surface area contributed by atoms with Crippen molar-refractivity contribution in [3.05, 3.63) is 0 Å². The largest absolute Gasteiger partial charge is 0.339 e. The molecule has 20 heavy (non-hydrogen) atoms. The summed E-state index contributed by atoms with van der Waals surface area (Å²) in [5, 5.41) is 0. The molecule has 2 amide bonds. The molecule has 0 aromatic heterocycles. The Morgan fingerprint density at radius 2 is 1.35 bits per heavy atom. The van der Waals surface area contributed by atoms with Gasteiger partial charge in [-0.3, -0.25) is 9.59 Å². The van der Waals surface area contributed by atoms with E-state index < -0.39 is 0 Å². The van der Waals surface area contributed by atoms with Crippen LogP contribution in [0.25, 0.3) is 0 Å². The van der Waals surface area contributed by atoms with Gasteiger partial charge >= 0.3 is 0 Å². The van der Waals surface area contributed by atoms with Crippen molar-refractivity contribution in [3.8, 4) is 0 Å². The number of amides is 2. The first-order valence-electron chi connectivity index (χ1n) is 7.98. The highest BCUT2D eigenvalue weighted by atomic mass is 16.2. The molecule has 3 aliphatic rings. The quantitative estimate of drug-likeness (QED) is 0.804. The van der Waals surface area contributed by atoms with E-state index in [1.807, 2.05) is 9.80 Å². The molecule has 5 heteroatoms. The summed E-state index contributed by atoms with van der Waals surface area (Å²) in [5.41, 5.74) is 5.97. The molecule has 2 atom stereocenters. The van der Waals surface area contributed by atoms with Gasteiger partial charge in [0.2, 0.25) is 11.8 Å². The van der Waals surface area contributed by atoms with E-state index in [0.717, 1.165) is 38.5 Å². The normalized spacial score (nSPS) is 31.2. The Bertz CT molecular complexity index is 387. The smallest absolute Gasteiger partial charge is 0.225 e. The van der Waals surface area contributed by atoms with E-state index in [-0.39, 0.29) is 23.8 Å². The van der Waals surface area contributed by atoms with Crippen LogP contribution in [0.5, 0.6) is 0 Å². The van der Waals surface area contributed by atoms with Gasteiger partial charge in [-0.05, 0) is 32.1 Å². The molecule has 112 valence electrons. The van der Waals surface area contributed by atoms with Crippen molar-refractivity contribution in [3.63, 3.8) is 0 Å². The Kier molecular flexibility index (Phi) is 3.96. The highest BCUT2D eigenvalue weighted by molar-refractivity contribution is 5.82. The van der Waals surface area contributed by atoms with E-state index in [0.29, 0.717) is 32.1 Å². The number of rotatable bonds is 2. The molecule has 0 bridgehead atoms. The summed E-state index contributed by atoms with van der Waals surface area (Å²) in [6.07, 6.45) is 6.04. The number of hydrogen-bond acceptors (Lipinski definition) is 3. The lowest BCUT2D eigenvalue weighted by Gasteiger charge is -2.38. The van der Waals surface area contributed by atoms with Crippen LogP contribution < -0.4 is 5.73 Å². The standard InChI is InChI=1S/C15H25N3O2/c16-13-3-1-2-12(10-13)15(20)18-8-6-17(7-9-18)14(19)11-4-5-11/h11-13H,1-10,16H2. The van der Waals surface area contributed by atoms with Crippen molar-refractivity contribution in [1.29, 1.82) is 0 Å². The van der Waals surface area contributed by atoms with Crippen molar-refractivity contribution in [2.24, 2.45) is 17.6 Å². The third-order valence-corrected chi connectivity index (χ3v) is 4.89. The third-order valence-electron chi connectivity index (χ3n) is 4.89. The lowest BCUT2D eigenvalue weighted by molar-refractivity contribution is -0.143. The Morgan fingerprint density at radius 3 is 1.85 bits per heavy atom. The zero-order valence-corrected chi connectivity index (χ0v) is 12.1. The summed E-state index contributed by atoms with van der Waals surface area (Å²) in [7, 11) is 0. The summed E-state index contributed by atoms with van der Waals surface area (Å²) in [6.45, 7) is 2.81. The molecule has 1 saturated heterocycles. The molecule has 1 aliphatic heterocycles. The summed E-state index contributed by atoms with van der Waals surface area (Å²) in [4.78, 5) is 28.4. The minimum atomic E-state index is 0.115. The average molecular weight is 279 g/mol. The molecular formula is C15H25N3O2. The molecule has 3 fully saturated rings.